The zero-order valence-corrected chi connectivity index (χ0v) is 13.6. The van der Waals surface area contributed by atoms with Crippen LogP contribution < -0.4 is 10.1 Å². The third kappa shape index (κ3) is 4.21. The van der Waals surface area contributed by atoms with E-state index in [2.05, 4.69) is 27.4 Å². The summed E-state index contributed by atoms with van der Waals surface area (Å²) in [6.45, 7) is 1.60. The molecular formula is C17H24N4O2. The Balaban J connectivity index is 1.46. The third-order valence-electron chi connectivity index (χ3n) is 4.57. The molecule has 6 heteroatoms. The van der Waals surface area contributed by atoms with Crippen LogP contribution in [0.15, 0.2) is 24.4 Å². The predicted octanol–water partition coefficient (Wildman–Crippen LogP) is 2.24. The fourth-order valence-electron chi connectivity index (χ4n) is 3.20. The number of nitrogens with one attached hydrogen (secondary N) is 1. The smallest absolute Gasteiger partial charge is 0.226 e. The second kappa shape index (κ2) is 7.44. The quantitative estimate of drug-likeness (QED) is 0.844. The molecule has 0 radical (unpaired) electrons. The Morgan fingerprint density at radius 3 is 2.91 bits per heavy atom. The van der Waals surface area contributed by atoms with Crippen LogP contribution in [0.1, 0.15) is 32.1 Å². The van der Waals surface area contributed by atoms with Gasteiger partial charge < -0.3 is 15.0 Å². The van der Waals surface area contributed by atoms with Crippen LogP contribution in [-0.2, 0) is 4.79 Å². The zero-order chi connectivity index (χ0) is 16.1. The molecule has 124 valence electrons. The van der Waals surface area contributed by atoms with Gasteiger partial charge in [0.2, 0.25) is 17.7 Å². The first-order valence-corrected chi connectivity index (χ1v) is 8.32. The largest absolute Gasteiger partial charge is 0.481 e. The van der Waals surface area contributed by atoms with Crippen molar-refractivity contribution in [3.8, 4) is 5.88 Å². The number of amides is 1. The highest BCUT2D eigenvalue weighted by Gasteiger charge is 2.25. The Morgan fingerprint density at radius 2 is 2.22 bits per heavy atom. The van der Waals surface area contributed by atoms with Crippen molar-refractivity contribution in [2.45, 2.75) is 38.1 Å². The molecule has 1 aliphatic carbocycles. The molecule has 0 saturated carbocycles. The highest BCUT2D eigenvalue weighted by molar-refractivity contribution is 5.76. The maximum absolute atomic E-state index is 12.3. The molecule has 1 saturated heterocycles. The van der Waals surface area contributed by atoms with Gasteiger partial charge in [0.05, 0.1) is 7.11 Å². The molecule has 1 fully saturated rings. The highest BCUT2D eigenvalue weighted by Crippen LogP contribution is 2.23. The van der Waals surface area contributed by atoms with Crippen LogP contribution in [-0.4, -0.2) is 47.0 Å². The van der Waals surface area contributed by atoms with Gasteiger partial charge in [-0.05, 0) is 31.6 Å². The monoisotopic (exact) mass is 316 g/mol. The third-order valence-corrected chi connectivity index (χ3v) is 4.57. The molecule has 0 spiro atoms. The second-order valence-electron chi connectivity index (χ2n) is 6.19. The van der Waals surface area contributed by atoms with Crippen LogP contribution in [0.3, 0.4) is 0 Å². The van der Waals surface area contributed by atoms with E-state index in [1.807, 2.05) is 4.90 Å². The molecule has 1 N–H and O–H groups in total. The van der Waals surface area contributed by atoms with Gasteiger partial charge in [-0.3, -0.25) is 4.79 Å². The van der Waals surface area contributed by atoms with Crippen LogP contribution >= 0.6 is 0 Å². The van der Waals surface area contributed by atoms with Gasteiger partial charge in [0.15, 0.2) is 0 Å². The Bertz CT molecular complexity index is 567. The molecule has 1 aliphatic heterocycles. The van der Waals surface area contributed by atoms with E-state index in [-0.39, 0.29) is 5.91 Å². The summed E-state index contributed by atoms with van der Waals surface area (Å²) in [6.07, 6.45) is 10.8. The lowest BCUT2D eigenvalue weighted by atomic mass is 10.0. The number of aromatic nitrogens is 2. The number of hydrogen-bond acceptors (Lipinski definition) is 5. The number of ether oxygens (including phenoxy) is 1. The fourth-order valence-corrected chi connectivity index (χ4v) is 3.20. The number of piperidine rings is 1. The summed E-state index contributed by atoms with van der Waals surface area (Å²) in [4.78, 5) is 22.8. The number of carbonyl (C=O) groups is 1. The highest BCUT2D eigenvalue weighted by atomic mass is 16.5. The van der Waals surface area contributed by atoms with Gasteiger partial charge in [-0.1, -0.05) is 12.2 Å². The maximum atomic E-state index is 12.3. The number of anilines is 1. The fraction of sp³-hybridized carbons (Fsp3) is 0.588. The number of hydrogen-bond donors (Lipinski definition) is 1. The summed E-state index contributed by atoms with van der Waals surface area (Å²) in [6, 6.07) is 2.03. The minimum atomic E-state index is 0.289. The summed E-state index contributed by atoms with van der Waals surface area (Å²) < 4.78 is 5.11. The lowest BCUT2D eigenvalue weighted by Gasteiger charge is -2.33. The SMILES string of the molecule is COc1ccnc(NC2CCN(C(=O)C[C@H]3C=CCC3)CC2)n1. The van der Waals surface area contributed by atoms with Gasteiger partial charge in [-0.25, -0.2) is 4.98 Å². The zero-order valence-electron chi connectivity index (χ0n) is 13.6. The first-order valence-electron chi connectivity index (χ1n) is 8.32. The number of methoxy groups -OCH3 is 1. The van der Waals surface area contributed by atoms with E-state index in [0.717, 1.165) is 38.8 Å². The van der Waals surface area contributed by atoms with Crippen molar-refractivity contribution in [1.29, 1.82) is 0 Å². The number of likely N-dealkylation sites (tertiary alicyclic amines) is 1. The first kappa shape index (κ1) is 15.8. The number of carbonyl (C=O) groups excluding carboxylic acids is 1. The van der Waals surface area contributed by atoms with Gasteiger partial charge >= 0.3 is 0 Å². The topological polar surface area (TPSA) is 67.3 Å². The summed E-state index contributed by atoms with van der Waals surface area (Å²) in [5.74, 6) is 1.88. The van der Waals surface area contributed by atoms with E-state index in [0.29, 0.717) is 30.2 Å². The van der Waals surface area contributed by atoms with Crippen molar-refractivity contribution in [2.24, 2.45) is 5.92 Å². The lowest BCUT2D eigenvalue weighted by Crippen LogP contribution is -2.43. The molecule has 0 unspecified atom stereocenters. The molecule has 0 aromatic carbocycles. The molecule has 2 heterocycles. The molecule has 6 nitrogen and oxygen atoms in total. The van der Waals surface area contributed by atoms with Crippen molar-refractivity contribution in [3.05, 3.63) is 24.4 Å². The Labute approximate surface area is 136 Å². The molecule has 0 bridgehead atoms. The summed E-state index contributed by atoms with van der Waals surface area (Å²) >= 11 is 0. The minimum Gasteiger partial charge on any atom is -0.481 e. The Hall–Kier alpha value is -2.11. The molecule has 1 aromatic heterocycles. The van der Waals surface area contributed by atoms with Crippen LogP contribution in [0.25, 0.3) is 0 Å². The number of allylic oxidation sites excluding steroid dienone is 2. The van der Waals surface area contributed by atoms with Gasteiger partial charge in [0, 0.05) is 37.8 Å². The van der Waals surface area contributed by atoms with E-state index in [4.69, 9.17) is 4.74 Å². The average Bonchev–Trinajstić information content (AvgIpc) is 3.08. The molecule has 1 amide bonds. The van der Waals surface area contributed by atoms with Gasteiger partial charge in [-0.15, -0.1) is 0 Å². The van der Waals surface area contributed by atoms with E-state index in [9.17, 15) is 4.79 Å². The summed E-state index contributed by atoms with van der Waals surface area (Å²) in [5, 5.41) is 3.34. The van der Waals surface area contributed by atoms with Crippen molar-refractivity contribution in [2.75, 3.05) is 25.5 Å². The predicted molar refractivity (Wildman–Crippen MR) is 88.3 cm³/mol. The van der Waals surface area contributed by atoms with E-state index < -0.39 is 0 Å². The summed E-state index contributed by atoms with van der Waals surface area (Å²) in [5.41, 5.74) is 0. The first-order chi connectivity index (χ1) is 11.2. The van der Waals surface area contributed by atoms with Gasteiger partial charge in [0.25, 0.3) is 0 Å². The van der Waals surface area contributed by atoms with Crippen molar-refractivity contribution in [1.82, 2.24) is 14.9 Å². The lowest BCUT2D eigenvalue weighted by molar-refractivity contribution is -0.132. The molecular weight excluding hydrogens is 292 g/mol. The van der Waals surface area contributed by atoms with E-state index >= 15 is 0 Å². The minimum absolute atomic E-state index is 0.289. The van der Waals surface area contributed by atoms with Crippen molar-refractivity contribution < 1.29 is 9.53 Å². The van der Waals surface area contributed by atoms with Gasteiger partial charge in [0.1, 0.15) is 0 Å². The van der Waals surface area contributed by atoms with E-state index in [1.54, 1.807) is 19.4 Å². The molecule has 2 aliphatic rings. The average molecular weight is 316 g/mol. The van der Waals surface area contributed by atoms with Crippen LogP contribution in [0.5, 0.6) is 5.88 Å². The number of nitrogens with zero attached hydrogens (tertiary/aromatic N) is 3. The van der Waals surface area contributed by atoms with Crippen LogP contribution in [0, 0.1) is 5.92 Å². The van der Waals surface area contributed by atoms with Crippen LogP contribution in [0.2, 0.25) is 0 Å². The molecule has 1 atom stereocenters. The second-order valence-corrected chi connectivity index (χ2v) is 6.19. The summed E-state index contributed by atoms with van der Waals surface area (Å²) in [7, 11) is 1.59. The van der Waals surface area contributed by atoms with Crippen molar-refractivity contribution >= 4 is 11.9 Å². The standard InChI is InChI=1S/C17H24N4O2/c1-23-15-6-9-18-17(20-15)19-14-7-10-21(11-8-14)16(22)12-13-4-2-3-5-13/h2,4,6,9,13-14H,3,5,7-8,10-12H2,1H3,(H,18,19,20)/t13-/m0/s1. The van der Waals surface area contributed by atoms with Crippen molar-refractivity contribution in [3.63, 3.8) is 0 Å². The van der Waals surface area contributed by atoms with E-state index in [1.165, 1.54) is 0 Å². The molecule has 3 rings (SSSR count). The molecule has 1 aromatic rings. The Morgan fingerprint density at radius 1 is 1.39 bits per heavy atom. The molecule has 23 heavy (non-hydrogen) atoms. The normalized spacial score (nSPS) is 21.4. The van der Waals surface area contributed by atoms with Crippen LogP contribution in [0.4, 0.5) is 5.95 Å². The number of rotatable bonds is 5. The maximum Gasteiger partial charge on any atom is 0.226 e. The van der Waals surface area contributed by atoms with Gasteiger partial charge in [-0.2, -0.15) is 4.98 Å². The Kier molecular flexibility index (Phi) is 5.10.